The van der Waals surface area contributed by atoms with Gasteiger partial charge in [-0.3, -0.25) is 9.78 Å². The number of methoxy groups -OCH3 is 2. The first-order valence-electron chi connectivity index (χ1n) is 7.54. The van der Waals surface area contributed by atoms with Crippen molar-refractivity contribution in [3.05, 3.63) is 48.0 Å². The SMILES string of the molecule is COc1ccc(CCNC(=O)COC(=O)c2cnccn2)cc1OC. The summed E-state index contributed by atoms with van der Waals surface area (Å²) in [6.07, 6.45) is 4.69. The lowest BCUT2D eigenvalue weighted by Gasteiger charge is -2.10. The predicted octanol–water partition coefficient (Wildman–Crippen LogP) is 1.01. The van der Waals surface area contributed by atoms with E-state index in [4.69, 9.17) is 14.2 Å². The van der Waals surface area contributed by atoms with Crippen molar-refractivity contribution < 1.29 is 23.8 Å². The van der Waals surface area contributed by atoms with Crippen molar-refractivity contribution >= 4 is 11.9 Å². The summed E-state index contributed by atoms with van der Waals surface area (Å²) in [4.78, 5) is 30.9. The Morgan fingerprint density at radius 2 is 1.92 bits per heavy atom. The van der Waals surface area contributed by atoms with Gasteiger partial charge in [0.1, 0.15) is 0 Å². The van der Waals surface area contributed by atoms with Crippen LogP contribution in [0.4, 0.5) is 0 Å². The van der Waals surface area contributed by atoms with Crippen molar-refractivity contribution in [3.63, 3.8) is 0 Å². The maximum atomic E-state index is 11.7. The lowest BCUT2D eigenvalue weighted by atomic mass is 10.1. The van der Waals surface area contributed by atoms with Gasteiger partial charge in [-0.1, -0.05) is 6.07 Å². The van der Waals surface area contributed by atoms with Crippen LogP contribution in [0.3, 0.4) is 0 Å². The maximum Gasteiger partial charge on any atom is 0.359 e. The zero-order valence-electron chi connectivity index (χ0n) is 14.0. The van der Waals surface area contributed by atoms with Gasteiger partial charge in [-0.25, -0.2) is 9.78 Å². The Hall–Kier alpha value is -3.16. The van der Waals surface area contributed by atoms with E-state index < -0.39 is 11.9 Å². The summed E-state index contributed by atoms with van der Waals surface area (Å²) >= 11 is 0. The van der Waals surface area contributed by atoms with Gasteiger partial charge in [0.05, 0.1) is 20.4 Å². The van der Waals surface area contributed by atoms with E-state index in [1.807, 2.05) is 12.1 Å². The largest absolute Gasteiger partial charge is 0.493 e. The van der Waals surface area contributed by atoms with E-state index in [0.29, 0.717) is 24.5 Å². The molecular weight excluding hydrogens is 326 g/mol. The fourth-order valence-electron chi connectivity index (χ4n) is 2.04. The van der Waals surface area contributed by atoms with Crippen molar-refractivity contribution in [2.24, 2.45) is 0 Å². The lowest BCUT2D eigenvalue weighted by Crippen LogP contribution is -2.30. The zero-order valence-corrected chi connectivity index (χ0v) is 14.0. The molecule has 1 N–H and O–H groups in total. The minimum Gasteiger partial charge on any atom is -0.493 e. The maximum absolute atomic E-state index is 11.7. The number of aromatic nitrogens is 2. The summed E-state index contributed by atoms with van der Waals surface area (Å²) < 4.78 is 15.3. The molecule has 0 aliphatic carbocycles. The number of nitrogens with zero attached hydrogens (tertiary/aromatic N) is 2. The van der Waals surface area contributed by atoms with E-state index in [1.165, 1.54) is 18.6 Å². The molecule has 0 saturated heterocycles. The second-order valence-corrected chi connectivity index (χ2v) is 4.96. The van der Waals surface area contributed by atoms with Crippen LogP contribution < -0.4 is 14.8 Å². The second kappa shape index (κ2) is 9.21. The molecule has 8 heteroatoms. The highest BCUT2D eigenvalue weighted by molar-refractivity contribution is 5.89. The topological polar surface area (TPSA) is 99.6 Å². The van der Waals surface area contributed by atoms with Crippen LogP contribution in [-0.4, -0.2) is 49.2 Å². The first kappa shape index (κ1) is 18.2. The summed E-state index contributed by atoms with van der Waals surface area (Å²) in [5.41, 5.74) is 1.04. The molecule has 0 aliphatic rings. The Morgan fingerprint density at radius 1 is 1.12 bits per heavy atom. The van der Waals surface area contributed by atoms with Gasteiger partial charge in [-0.05, 0) is 24.1 Å². The number of ether oxygens (including phenoxy) is 3. The van der Waals surface area contributed by atoms with E-state index >= 15 is 0 Å². The number of rotatable bonds is 8. The van der Waals surface area contributed by atoms with Crippen molar-refractivity contribution in [1.82, 2.24) is 15.3 Å². The van der Waals surface area contributed by atoms with Gasteiger partial charge in [0.15, 0.2) is 23.8 Å². The second-order valence-electron chi connectivity index (χ2n) is 4.96. The Bertz CT molecular complexity index is 721. The quantitative estimate of drug-likeness (QED) is 0.713. The third kappa shape index (κ3) is 5.45. The molecule has 8 nitrogen and oxygen atoms in total. The average Bonchev–Trinajstić information content (AvgIpc) is 2.66. The fraction of sp³-hybridized carbons (Fsp3) is 0.294. The molecule has 2 aromatic rings. The third-order valence-corrected chi connectivity index (χ3v) is 3.29. The lowest BCUT2D eigenvalue weighted by molar-refractivity contribution is -0.124. The van der Waals surface area contributed by atoms with E-state index in [0.717, 1.165) is 5.56 Å². The zero-order chi connectivity index (χ0) is 18.1. The van der Waals surface area contributed by atoms with Gasteiger partial charge in [-0.2, -0.15) is 0 Å². The van der Waals surface area contributed by atoms with Crippen LogP contribution in [0.15, 0.2) is 36.8 Å². The minimum atomic E-state index is -0.692. The Morgan fingerprint density at radius 3 is 2.60 bits per heavy atom. The number of amides is 1. The Kier molecular flexibility index (Phi) is 6.70. The number of benzene rings is 1. The minimum absolute atomic E-state index is 0.0561. The van der Waals surface area contributed by atoms with E-state index in [2.05, 4.69) is 15.3 Å². The van der Waals surface area contributed by atoms with Crippen LogP contribution >= 0.6 is 0 Å². The van der Waals surface area contributed by atoms with Crippen LogP contribution in [0.5, 0.6) is 11.5 Å². The average molecular weight is 345 g/mol. The predicted molar refractivity (Wildman–Crippen MR) is 88.6 cm³/mol. The monoisotopic (exact) mass is 345 g/mol. The molecule has 0 spiro atoms. The Balaban J connectivity index is 1.74. The smallest absolute Gasteiger partial charge is 0.359 e. The van der Waals surface area contributed by atoms with E-state index in [1.54, 1.807) is 20.3 Å². The molecule has 0 radical (unpaired) electrons. The molecule has 1 aromatic carbocycles. The van der Waals surface area contributed by atoms with Crippen LogP contribution in [0.25, 0.3) is 0 Å². The number of hydrogen-bond acceptors (Lipinski definition) is 7. The van der Waals surface area contributed by atoms with E-state index in [-0.39, 0.29) is 12.3 Å². The number of carbonyl (C=O) groups is 2. The van der Waals surface area contributed by atoms with E-state index in [9.17, 15) is 9.59 Å². The molecule has 1 aromatic heterocycles. The molecule has 0 aliphatic heterocycles. The number of hydrogen-bond donors (Lipinski definition) is 1. The van der Waals surface area contributed by atoms with Crippen molar-refractivity contribution in [2.45, 2.75) is 6.42 Å². The van der Waals surface area contributed by atoms with Gasteiger partial charge >= 0.3 is 5.97 Å². The van der Waals surface area contributed by atoms with Crippen molar-refractivity contribution in [2.75, 3.05) is 27.4 Å². The summed E-state index contributed by atoms with van der Waals surface area (Å²) in [7, 11) is 3.13. The van der Waals surface area contributed by atoms with Gasteiger partial charge in [0.25, 0.3) is 5.91 Å². The molecule has 1 amide bonds. The molecule has 132 valence electrons. The third-order valence-electron chi connectivity index (χ3n) is 3.29. The number of esters is 1. The van der Waals surface area contributed by atoms with Gasteiger partial charge in [0, 0.05) is 18.9 Å². The number of nitrogens with one attached hydrogen (secondary N) is 1. The van der Waals surface area contributed by atoms with Crippen LogP contribution in [0, 0.1) is 0 Å². The van der Waals surface area contributed by atoms with Crippen LogP contribution in [0.2, 0.25) is 0 Å². The van der Waals surface area contributed by atoms with Gasteiger partial charge in [0.2, 0.25) is 0 Å². The normalized spacial score (nSPS) is 10.0. The molecule has 0 saturated carbocycles. The highest BCUT2D eigenvalue weighted by Crippen LogP contribution is 2.27. The molecule has 0 unspecified atom stereocenters. The van der Waals surface area contributed by atoms with Crippen LogP contribution in [-0.2, 0) is 16.0 Å². The summed E-state index contributed by atoms with van der Waals surface area (Å²) in [6.45, 7) is 0.0261. The fourth-order valence-corrected chi connectivity index (χ4v) is 2.04. The standard InChI is InChI=1S/C17H19N3O5/c1-23-14-4-3-12(9-15(14)24-2)5-6-20-16(21)11-25-17(22)13-10-18-7-8-19-13/h3-4,7-10H,5-6,11H2,1-2H3,(H,20,21). The molecule has 0 atom stereocenters. The first-order valence-corrected chi connectivity index (χ1v) is 7.54. The highest BCUT2D eigenvalue weighted by atomic mass is 16.5. The highest BCUT2D eigenvalue weighted by Gasteiger charge is 2.11. The molecule has 25 heavy (non-hydrogen) atoms. The summed E-state index contributed by atoms with van der Waals surface area (Å²) in [5, 5.41) is 2.68. The Labute approximate surface area is 145 Å². The molecule has 0 fully saturated rings. The molecule has 0 bridgehead atoms. The van der Waals surface area contributed by atoms with Crippen molar-refractivity contribution in [3.8, 4) is 11.5 Å². The van der Waals surface area contributed by atoms with Crippen molar-refractivity contribution in [1.29, 1.82) is 0 Å². The molecule has 2 rings (SSSR count). The van der Waals surface area contributed by atoms with Gasteiger partial charge < -0.3 is 19.5 Å². The van der Waals surface area contributed by atoms with Crippen LogP contribution in [0.1, 0.15) is 16.1 Å². The summed E-state index contributed by atoms with van der Waals surface area (Å²) in [6, 6.07) is 5.54. The molecule has 1 heterocycles. The molecular formula is C17H19N3O5. The summed E-state index contributed by atoms with van der Waals surface area (Å²) in [5.74, 6) is 0.191. The van der Waals surface area contributed by atoms with Gasteiger partial charge in [-0.15, -0.1) is 0 Å². The first-order chi connectivity index (χ1) is 12.1. The number of carbonyl (C=O) groups excluding carboxylic acids is 2.